The summed E-state index contributed by atoms with van der Waals surface area (Å²) in [4.78, 5) is 11.5. The highest BCUT2D eigenvalue weighted by Crippen LogP contribution is 2.34. The van der Waals surface area contributed by atoms with Gasteiger partial charge in [0.1, 0.15) is 30.5 Å². The SMILES string of the molecule is Cc1cc(Cc2cc(C3OC(CO)C(O)C(O)C3O)ccc2Cl)n[nH]c1=O. The second kappa shape index (κ2) is 8.05. The van der Waals surface area contributed by atoms with Crippen molar-refractivity contribution in [1.29, 1.82) is 0 Å². The van der Waals surface area contributed by atoms with Crippen LogP contribution in [0.3, 0.4) is 0 Å². The summed E-state index contributed by atoms with van der Waals surface area (Å²) in [5.74, 6) is 0. The molecule has 0 aliphatic carbocycles. The predicted molar refractivity (Wildman–Crippen MR) is 96.6 cm³/mol. The summed E-state index contributed by atoms with van der Waals surface area (Å²) in [5.41, 5.74) is 2.10. The van der Waals surface area contributed by atoms with Gasteiger partial charge in [0, 0.05) is 17.0 Å². The summed E-state index contributed by atoms with van der Waals surface area (Å²) < 4.78 is 5.58. The molecule has 0 spiro atoms. The van der Waals surface area contributed by atoms with Gasteiger partial charge in [0.25, 0.3) is 5.56 Å². The van der Waals surface area contributed by atoms with E-state index in [0.29, 0.717) is 33.8 Å². The molecule has 146 valence electrons. The minimum absolute atomic E-state index is 0.264. The standard InChI is InChI=1S/C18H21ClN2O6/c1-8-4-11(20-21-18(8)26)6-10-5-9(2-3-12(10)19)17-16(25)15(24)14(23)13(7-22)27-17/h2-5,13-17,22-25H,6-7H2,1H3,(H,21,26). The Bertz CT molecular complexity index is 871. The van der Waals surface area contributed by atoms with Gasteiger partial charge in [-0.2, -0.15) is 5.10 Å². The van der Waals surface area contributed by atoms with Crippen LogP contribution < -0.4 is 5.56 Å². The molecule has 1 aliphatic rings. The molecule has 1 aromatic carbocycles. The highest BCUT2D eigenvalue weighted by atomic mass is 35.5. The van der Waals surface area contributed by atoms with Gasteiger partial charge in [0.2, 0.25) is 0 Å². The van der Waals surface area contributed by atoms with Crippen molar-refractivity contribution in [1.82, 2.24) is 10.2 Å². The van der Waals surface area contributed by atoms with Crippen molar-refractivity contribution in [2.75, 3.05) is 6.61 Å². The Balaban J connectivity index is 1.90. The molecule has 1 saturated heterocycles. The van der Waals surface area contributed by atoms with Crippen molar-refractivity contribution in [3.05, 3.63) is 62.0 Å². The van der Waals surface area contributed by atoms with Crippen LogP contribution in [0, 0.1) is 6.92 Å². The lowest BCUT2D eigenvalue weighted by atomic mass is 9.90. The van der Waals surface area contributed by atoms with E-state index in [1.54, 1.807) is 31.2 Å². The van der Waals surface area contributed by atoms with Gasteiger partial charge in [0.05, 0.1) is 12.3 Å². The molecule has 0 saturated carbocycles. The first-order valence-electron chi connectivity index (χ1n) is 8.46. The Morgan fingerprint density at radius 2 is 1.93 bits per heavy atom. The minimum Gasteiger partial charge on any atom is -0.394 e. The zero-order chi connectivity index (χ0) is 19.7. The van der Waals surface area contributed by atoms with Gasteiger partial charge in [-0.25, -0.2) is 5.10 Å². The highest BCUT2D eigenvalue weighted by molar-refractivity contribution is 6.31. The van der Waals surface area contributed by atoms with Crippen LogP contribution in [0.1, 0.15) is 28.5 Å². The summed E-state index contributed by atoms with van der Waals surface area (Å²) in [7, 11) is 0. The zero-order valence-corrected chi connectivity index (χ0v) is 15.3. The molecule has 5 N–H and O–H groups in total. The average Bonchev–Trinajstić information content (AvgIpc) is 2.65. The molecule has 2 heterocycles. The maximum absolute atomic E-state index is 11.5. The number of aryl methyl sites for hydroxylation is 1. The van der Waals surface area contributed by atoms with Crippen LogP contribution in [0.25, 0.3) is 0 Å². The molecule has 0 bridgehead atoms. The van der Waals surface area contributed by atoms with Crippen molar-refractivity contribution in [2.45, 2.75) is 43.9 Å². The molecule has 1 aliphatic heterocycles. The molecular formula is C18H21ClN2O6. The van der Waals surface area contributed by atoms with Crippen molar-refractivity contribution < 1.29 is 25.2 Å². The van der Waals surface area contributed by atoms with Crippen LogP contribution in [-0.2, 0) is 11.2 Å². The van der Waals surface area contributed by atoms with E-state index in [-0.39, 0.29) is 5.56 Å². The molecule has 0 amide bonds. The lowest BCUT2D eigenvalue weighted by molar-refractivity contribution is -0.231. The van der Waals surface area contributed by atoms with E-state index in [4.69, 9.17) is 16.3 Å². The van der Waals surface area contributed by atoms with Crippen LogP contribution in [0.2, 0.25) is 5.02 Å². The minimum atomic E-state index is -1.46. The summed E-state index contributed by atoms with van der Waals surface area (Å²) >= 11 is 6.27. The third kappa shape index (κ3) is 4.06. The van der Waals surface area contributed by atoms with Gasteiger partial charge in [-0.15, -0.1) is 0 Å². The first-order valence-corrected chi connectivity index (χ1v) is 8.83. The summed E-state index contributed by atoms with van der Waals surface area (Å²) in [6.07, 6.45) is -5.84. The summed E-state index contributed by atoms with van der Waals surface area (Å²) in [5, 5.41) is 46.4. The molecule has 27 heavy (non-hydrogen) atoms. The number of halogens is 1. The second-order valence-electron chi connectivity index (χ2n) is 6.65. The first kappa shape index (κ1) is 19.9. The maximum atomic E-state index is 11.5. The number of hydrogen-bond donors (Lipinski definition) is 5. The van der Waals surface area contributed by atoms with Crippen LogP contribution in [0.5, 0.6) is 0 Å². The molecule has 2 aromatic rings. The first-order chi connectivity index (χ1) is 12.8. The molecule has 1 aromatic heterocycles. The fraction of sp³-hybridized carbons (Fsp3) is 0.444. The lowest BCUT2D eigenvalue weighted by Crippen LogP contribution is -2.55. The lowest BCUT2D eigenvalue weighted by Gasteiger charge is -2.40. The van der Waals surface area contributed by atoms with Gasteiger partial charge in [0.15, 0.2) is 0 Å². The summed E-state index contributed by atoms with van der Waals surface area (Å²) in [6, 6.07) is 6.64. The highest BCUT2D eigenvalue weighted by Gasteiger charge is 2.44. The number of benzene rings is 1. The number of aliphatic hydroxyl groups excluding tert-OH is 4. The van der Waals surface area contributed by atoms with Gasteiger partial charge in [-0.3, -0.25) is 4.79 Å². The fourth-order valence-corrected chi connectivity index (χ4v) is 3.31. The topological polar surface area (TPSA) is 136 Å². The Morgan fingerprint density at radius 3 is 2.59 bits per heavy atom. The van der Waals surface area contributed by atoms with E-state index in [1.807, 2.05) is 0 Å². The number of aliphatic hydroxyl groups is 4. The van der Waals surface area contributed by atoms with Gasteiger partial charge < -0.3 is 25.2 Å². The van der Waals surface area contributed by atoms with Crippen molar-refractivity contribution in [3.63, 3.8) is 0 Å². The second-order valence-corrected chi connectivity index (χ2v) is 7.06. The van der Waals surface area contributed by atoms with Crippen LogP contribution in [-0.4, -0.2) is 61.6 Å². The zero-order valence-electron chi connectivity index (χ0n) is 14.5. The largest absolute Gasteiger partial charge is 0.394 e. The number of aromatic nitrogens is 2. The Kier molecular flexibility index (Phi) is 5.95. The molecule has 5 atom stereocenters. The molecular weight excluding hydrogens is 376 g/mol. The van der Waals surface area contributed by atoms with E-state index in [1.165, 1.54) is 0 Å². The number of nitrogens with one attached hydrogen (secondary N) is 1. The third-order valence-electron chi connectivity index (χ3n) is 4.70. The van der Waals surface area contributed by atoms with Crippen LogP contribution >= 0.6 is 11.6 Å². The molecule has 3 rings (SSSR count). The number of H-pyrrole nitrogens is 1. The van der Waals surface area contributed by atoms with E-state index in [9.17, 15) is 25.2 Å². The smallest absolute Gasteiger partial charge is 0.267 e. The Morgan fingerprint density at radius 1 is 1.19 bits per heavy atom. The Hall–Kier alpha value is -1.81. The number of rotatable bonds is 4. The van der Waals surface area contributed by atoms with Crippen molar-refractivity contribution >= 4 is 11.6 Å². The molecule has 9 heteroatoms. The van der Waals surface area contributed by atoms with Crippen LogP contribution in [0.15, 0.2) is 29.1 Å². The maximum Gasteiger partial charge on any atom is 0.267 e. The molecule has 5 unspecified atom stereocenters. The van der Waals surface area contributed by atoms with E-state index >= 15 is 0 Å². The molecule has 0 radical (unpaired) electrons. The quantitative estimate of drug-likeness (QED) is 0.484. The van der Waals surface area contributed by atoms with E-state index in [2.05, 4.69) is 10.2 Å². The van der Waals surface area contributed by atoms with Crippen LogP contribution in [0.4, 0.5) is 0 Å². The van der Waals surface area contributed by atoms with E-state index < -0.39 is 37.1 Å². The normalized spacial score (nSPS) is 28.3. The average molecular weight is 397 g/mol. The number of nitrogens with zero attached hydrogens (tertiary/aromatic N) is 1. The number of aromatic amines is 1. The number of hydrogen-bond acceptors (Lipinski definition) is 7. The fourth-order valence-electron chi connectivity index (χ4n) is 3.13. The third-order valence-corrected chi connectivity index (χ3v) is 5.07. The van der Waals surface area contributed by atoms with Crippen molar-refractivity contribution in [2.24, 2.45) is 0 Å². The van der Waals surface area contributed by atoms with Crippen molar-refractivity contribution in [3.8, 4) is 0 Å². The van der Waals surface area contributed by atoms with E-state index in [0.717, 1.165) is 0 Å². The van der Waals surface area contributed by atoms with Gasteiger partial charge in [-0.05, 0) is 30.2 Å². The monoisotopic (exact) mass is 396 g/mol. The van der Waals surface area contributed by atoms with Gasteiger partial charge >= 0.3 is 0 Å². The van der Waals surface area contributed by atoms with Gasteiger partial charge in [-0.1, -0.05) is 23.7 Å². The predicted octanol–water partition coefficient (Wildman–Crippen LogP) is -0.163. The summed E-state index contributed by atoms with van der Waals surface area (Å²) in [6.45, 7) is 1.18. The Labute approximate surface area is 160 Å². The number of ether oxygens (including phenoxy) is 1. The molecule has 8 nitrogen and oxygen atoms in total. The molecule has 1 fully saturated rings.